The molecule has 2 N–H and O–H groups in total. The Labute approximate surface area is 77.1 Å². The molecule has 0 aliphatic heterocycles. The van der Waals surface area contributed by atoms with Gasteiger partial charge in [-0.15, -0.1) is 0 Å². The molecule has 2 unspecified atom stereocenters. The van der Waals surface area contributed by atoms with E-state index in [9.17, 15) is 9.59 Å². The maximum Gasteiger partial charge on any atom is 0.407 e. The molecule has 0 rings (SSSR count). The predicted octanol–water partition coefficient (Wildman–Crippen LogP) is 0.0709. The van der Waals surface area contributed by atoms with Gasteiger partial charge >= 0.3 is 6.09 Å². The normalized spacial score (nSPS) is 14.5. The first-order valence-electron chi connectivity index (χ1n) is 4.08. The van der Waals surface area contributed by atoms with Gasteiger partial charge in [0.2, 0.25) is 0 Å². The van der Waals surface area contributed by atoms with E-state index in [0.29, 0.717) is 0 Å². The minimum Gasteiger partial charge on any atom is -0.453 e. The first-order valence-corrected chi connectivity index (χ1v) is 4.08. The monoisotopic (exact) mass is 189 g/mol. The molecule has 2 atom stereocenters. The molecular formula is C8H15NO4. The molecule has 76 valence electrons. The summed E-state index contributed by atoms with van der Waals surface area (Å²) in [6.45, 7) is 3.10. The van der Waals surface area contributed by atoms with E-state index < -0.39 is 18.2 Å². The quantitative estimate of drug-likeness (QED) is 0.656. The molecule has 5 nitrogen and oxygen atoms in total. The van der Waals surface area contributed by atoms with Crippen molar-refractivity contribution in [2.24, 2.45) is 0 Å². The number of rotatable bonds is 4. The van der Waals surface area contributed by atoms with Crippen LogP contribution in [0.15, 0.2) is 0 Å². The number of amides is 1. The minimum absolute atomic E-state index is 0.222. The molecule has 0 radical (unpaired) electrons. The number of carbonyl (C=O) groups excluding carboxylic acids is 2. The Bertz CT molecular complexity index is 191. The molecule has 0 aromatic heterocycles. The fourth-order valence-corrected chi connectivity index (χ4v) is 0.876. The Morgan fingerprint density at radius 3 is 2.38 bits per heavy atom. The highest BCUT2D eigenvalue weighted by atomic mass is 16.5. The van der Waals surface area contributed by atoms with Gasteiger partial charge in [-0.1, -0.05) is 6.92 Å². The number of aliphatic hydroxyl groups is 1. The van der Waals surface area contributed by atoms with Crippen LogP contribution in [0.25, 0.3) is 0 Å². The van der Waals surface area contributed by atoms with Gasteiger partial charge in [-0.2, -0.15) is 0 Å². The van der Waals surface area contributed by atoms with Crippen LogP contribution < -0.4 is 5.32 Å². The number of nitrogens with one attached hydrogen (secondary N) is 1. The van der Waals surface area contributed by atoms with E-state index in [1.165, 1.54) is 14.0 Å². The SMILES string of the molecule is CCC(=O)C(NC(=O)OC)C(C)O. The second-order valence-electron chi connectivity index (χ2n) is 2.67. The smallest absolute Gasteiger partial charge is 0.407 e. The lowest BCUT2D eigenvalue weighted by Crippen LogP contribution is -2.47. The third-order valence-corrected chi connectivity index (χ3v) is 1.64. The number of carbonyl (C=O) groups is 2. The number of methoxy groups -OCH3 is 1. The number of ketones is 1. The second-order valence-corrected chi connectivity index (χ2v) is 2.67. The fourth-order valence-electron chi connectivity index (χ4n) is 0.876. The molecule has 0 aromatic carbocycles. The third kappa shape index (κ3) is 3.89. The molecule has 0 bridgehead atoms. The zero-order valence-corrected chi connectivity index (χ0v) is 8.03. The largest absolute Gasteiger partial charge is 0.453 e. The lowest BCUT2D eigenvalue weighted by Gasteiger charge is -2.18. The van der Waals surface area contributed by atoms with Crippen molar-refractivity contribution in [2.75, 3.05) is 7.11 Å². The van der Waals surface area contributed by atoms with Gasteiger partial charge in [-0.3, -0.25) is 4.79 Å². The summed E-state index contributed by atoms with van der Waals surface area (Å²) in [7, 11) is 1.20. The van der Waals surface area contributed by atoms with Crippen molar-refractivity contribution < 1.29 is 19.4 Å². The van der Waals surface area contributed by atoms with Crippen molar-refractivity contribution >= 4 is 11.9 Å². The number of hydrogen-bond donors (Lipinski definition) is 2. The maximum atomic E-state index is 11.2. The van der Waals surface area contributed by atoms with Crippen LogP contribution in [0.2, 0.25) is 0 Å². The van der Waals surface area contributed by atoms with Crippen molar-refractivity contribution in [1.82, 2.24) is 5.32 Å². The Kier molecular flexibility index (Phi) is 5.06. The number of hydrogen-bond acceptors (Lipinski definition) is 4. The average molecular weight is 189 g/mol. The molecule has 0 spiro atoms. The summed E-state index contributed by atoms with van der Waals surface area (Å²) in [6.07, 6.45) is -1.36. The van der Waals surface area contributed by atoms with Gasteiger partial charge in [-0.25, -0.2) is 4.79 Å². The second kappa shape index (κ2) is 5.53. The van der Waals surface area contributed by atoms with Crippen molar-refractivity contribution in [2.45, 2.75) is 32.4 Å². The van der Waals surface area contributed by atoms with Crippen molar-refractivity contribution in [3.63, 3.8) is 0 Å². The molecule has 0 aliphatic carbocycles. The van der Waals surface area contributed by atoms with Crippen LogP contribution in [-0.4, -0.2) is 36.2 Å². The molecule has 0 aliphatic rings. The molecule has 0 saturated heterocycles. The highest BCUT2D eigenvalue weighted by Gasteiger charge is 2.23. The van der Waals surface area contributed by atoms with Gasteiger partial charge < -0.3 is 15.2 Å². The van der Waals surface area contributed by atoms with Crippen molar-refractivity contribution in [3.8, 4) is 0 Å². The maximum absolute atomic E-state index is 11.2. The molecular weight excluding hydrogens is 174 g/mol. The summed E-state index contributed by atoms with van der Waals surface area (Å²) >= 11 is 0. The van der Waals surface area contributed by atoms with Crippen LogP contribution in [-0.2, 0) is 9.53 Å². The molecule has 0 heterocycles. The van der Waals surface area contributed by atoms with E-state index in [4.69, 9.17) is 5.11 Å². The summed E-state index contributed by atoms with van der Waals surface area (Å²) < 4.78 is 4.31. The Hall–Kier alpha value is -1.10. The summed E-state index contributed by atoms with van der Waals surface area (Å²) in [5.41, 5.74) is 0. The highest BCUT2D eigenvalue weighted by molar-refractivity contribution is 5.87. The van der Waals surface area contributed by atoms with Crippen molar-refractivity contribution in [1.29, 1.82) is 0 Å². The fraction of sp³-hybridized carbons (Fsp3) is 0.750. The van der Waals surface area contributed by atoms with Crippen LogP contribution in [0.1, 0.15) is 20.3 Å². The average Bonchev–Trinajstić information content (AvgIpc) is 2.11. The minimum atomic E-state index is -0.911. The molecule has 1 amide bonds. The van der Waals surface area contributed by atoms with Gasteiger partial charge in [0.25, 0.3) is 0 Å². The molecule has 0 aromatic rings. The van der Waals surface area contributed by atoms with Gasteiger partial charge in [0.05, 0.1) is 13.2 Å². The number of alkyl carbamates (subject to hydrolysis) is 1. The van der Waals surface area contributed by atoms with E-state index >= 15 is 0 Å². The third-order valence-electron chi connectivity index (χ3n) is 1.64. The molecule has 0 saturated carbocycles. The van der Waals surface area contributed by atoms with Gasteiger partial charge in [0.1, 0.15) is 6.04 Å². The summed E-state index contributed by atoms with van der Waals surface area (Å²) in [6, 6.07) is -0.877. The lowest BCUT2D eigenvalue weighted by atomic mass is 10.1. The molecule has 5 heteroatoms. The van der Waals surface area contributed by atoms with E-state index in [2.05, 4.69) is 10.1 Å². The Morgan fingerprint density at radius 1 is 1.54 bits per heavy atom. The zero-order valence-electron chi connectivity index (χ0n) is 8.03. The number of aliphatic hydroxyl groups excluding tert-OH is 1. The first-order chi connectivity index (χ1) is 6.02. The summed E-state index contributed by atoms with van der Waals surface area (Å²) in [5, 5.41) is 11.4. The van der Waals surface area contributed by atoms with Crippen LogP contribution in [0.5, 0.6) is 0 Å². The summed E-state index contributed by atoms with van der Waals surface area (Å²) in [4.78, 5) is 21.9. The Morgan fingerprint density at radius 2 is 2.08 bits per heavy atom. The van der Waals surface area contributed by atoms with Crippen LogP contribution >= 0.6 is 0 Å². The van der Waals surface area contributed by atoms with Gasteiger partial charge in [0.15, 0.2) is 5.78 Å². The van der Waals surface area contributed by atoms with Crippen molar-refractivity contribution in [3.05, 3.63) is 0 Å². The van der Waals surface area contributed by atoms with Crippen LogP contribution in [0.3, 0.4) is 0 Å². The van der Waals surface area contributed by atoms with E-state index in [0.717, 1.165) is 0 Å². The standard InChI is InChI=1S/C8H15NO4/c1-4-6(11)7(5(2)10)9-8(12)13-3/h5,7,10H,4H2,1-3H3,(H,9,12). The number of ether oxygens (including phenoxy) is 1. The van der Waals surface area contributed by atoms with Crippen LogP contribution in [0.4, 0.5) is 4.79 Å². The van der Waals surface area contributed by atoms with E-state index in [1.807, 2.05) is 0 Å². The highest BCUT2D eigenvalue weighted by Crippen LogP contribution is 1.98. The topological polar surface area (TPSA) is 75.6 Å². The zero-order chi connectivity index (χ0) is 10.4. The van der Waals surface area contributed by atoms with E-state index in [-0.39, 0.29) is 12.2 Å². The number of Topliss-reactive ketones (excluding diaryl/α,β-unsaturated/α-hetero) is 1. The van der Waals surface area contributed by atoms with Gasteiger partial charge in [-0.05, 0) is 6.92 Å². The summed E-state index contributed by atoms with van der Waals surface area (Å²) in [5.74, 6) is -0.222. The van der Waals surface area contributed by atoms with Gasteiger partial charge in [0, 0.05) is 6.42 Å². The van der Waals surface area contributed by atoms with Crippen LogP contribution in [0, 0.1) is 0 Å². The van der Waals surface area contributed by atoms with E-state index in [1.54, 1.807) is 6.92 Å². The lowest BCUT2D eigenvalue weighted by molar-refractivity contribution is -0.122. The first kappa shape index (κ1) is 11.9. The Balaban J connectivity index is 4.26. The molecule has 13 heavy (non-hydrogen) atoms. The molecule has 0 fully saturated rings. The predicted molar refractivity (Wildman–Crippen MR) is 46.3 cm³/mol.